The fourth-order valence-electron chi connectivity index (χ4n) is 2.40. The average molecular weight is 325 g/mol. The monoisotopic (exact) mass is 325 g/mol. The van der Waals surface area contributed by atoms with Gasteiger partial charge in [-0.25, -0.2) is 13.1 Å². The number of carbonyl (C=O) groups is 1. The number of rotatable bonds is 5. The Morgan fingerprint density at radius 2 is 1.91 bits per heavy atom. The molecule has 0 unspecified atom stereocenters. The number of hydrogen-bond acceptors (Lipinski definition) is 4. The Labute approximate surface area is 131 Å². The molecule has 1 saturated heterocycles. The lowest BCUT2D eigenvalue weighted by Gasteiger charge is -2.22. The summed E-state index contributed by atoms with van der Waals surface area (Å²) < 4.78 is 26.6. The fraction of sp³-hybridized carbons (Fsp3) is 0.533. The van der Waals surface area contributed by atoms with Gasteiger partial charge in [-0.3, -0.25) is 4.79 Å². The minimum Gasteiger partial charge on any atom is -0.325 e. The van der Waals surface area contributed by atoms with E-state index in [0.29, 0.717) is 5.69 Å². The number of piperidine rings is 1. The third-order valence-corrected chi connectivity index (χ3v) is 5.12. The zero-order valence-corrected chi connectivity index (χ0v) is 13.7. The van der Waals surface area contributed by atoms with Crippen molar-refractivity contribution in [2.24, 2.45) is 0 Å². The molecule has 22 heavy (non-hydrogen) atoms. The van der Waals surface area contributed by atoms with Crippen molar-refractivity contribution >= 4 is 21.6 Å². The molecule has 1 amide bonds. The first-order chi connectivity index (χ1) is 10.4. The van der Waals surface area contributed by atoms with E-state index in [1.807, 2.05) is 0 Å². The summed E-state index contributed by atoms with van der Waals surface area (Å²) in [6.45, 7) is 4.39. The highest BCUT2D eigenvalue weighted by atomic mass is 32.2. The number of carbonyl (C=O) groups excluding carboxylic acids is 1. The van der Waals surface area contributed by atoms with E-state index in [-0.39, 0.29) is 22.9 Å². The Morgan fingerprint density at radius 3 is 2.45 bits per heavy atom. The van der Waals surface area contributed by atoms with Crippen molar-refractivity contribution in [1.29, 1.82) is 0 Å². The van der Waals surface area contributed by atoms with Crippen molar-refractivity contribution in [3.05, 3.63) is 24.3 Å². The molecule has 3 N–H and O–H groups in total. The van der Waals surface area contributed by atoms with Crippen molar-refractivity contribution in [2.45, 2.75) is 50.1 Å². The van der Waals surface area contributed by atoms with Gasteiger partial charge < -0.3 is 10.6 Å². The molecule has 1 heterocycles. The third kappa shape index (κ3) is 4.53. The minimum atomic E-state index is -3.50. The first-order valence-electron chi connectivity index (χ1n) is 7.55. The van der Waals surface area contributed by atoms with Crippen LogP contribution in [-0.4, -0.2) is 33.0 Å². The van der Waals surface area contributed by atoms with Crippen molar-refractivity contribution in [1.82, 2.24) is 10.0 Å². The van der Waals surface area contributed by atoms with E-state index >= 15 is 0 Å². The van der Waals surface area contributed by atoms with Gasteiger partial charge in [0, 0.05) is 11.7 Å². The smallest absolute Gasteiger partial charge is 0.241 e. The largest absolute Gasteiger partial charge is 0.325 e. The van der Waals surface area contributed by atoms with Crippen LogP contribution in [-0.2, 0) is 14.8 Å². The van der Waals surface area contributed by atoms with Gasteiger partial charge in [-0.1, -0.05) is 6.42 Å². The van der Waals surface area contributed by atoms with E-state index in [1.54, 1.807) is 26.0 Å². The van der Waals surface area contributed by atoms with E-state index < -0.39 is 10.0 Å². The highest BCUT2D eigenvalue weighted by Gasteiger charge is 2.21. The second-order valence-electron chi connectivity index (χ2n) is 5.79. The van der Waals surface area contributed by atoms with Crippen LogP contribution in [0.4, 0.5) is 5.69 Å². The molecular weight excluding hydrogens is 302 g/mol. The van der Waals surface area contributed by atoms with Crippen LogP contribution in [0.5, 0.6) is 0 Å². The Hall–Kier alpha value is -1.44. The van der Waals surface area contributed by atoms with Gasteiger partial charge in [-0.05, 0) is 57.5 Å². The normalized spacial score (nSPS) is 19.1. The van der Waals surface area contributed by atoms with Crippen LogP contribution in [0.3, 0.4) is 0 Å². The molecule has 7 heteroatoms. The molecule has 0 radical (unpaired) electrons. The summed E-state index contributed by atoms with van der Waals surface area (Å²) in [5, 5.41) is 5.99. The first kappa shape index (κ1) is 16.9. The molecule has 1 fully saturated rings. The molecule has 1 aromatic carbocycles. The summed E-state index contributed by atoms with van der Waals surface area (Å²) in [6, 6.07) is 5.87. The lowest BCUT2D eigenvalue weighted by atomic mass is 10.0. The molecule has 1 aromatic rings. The Morgan fingerprint density at radius 1 is 1.23 bits per heavy atom. The van der Waals surface area contributed by atoms with Crippen molar-refractivity contribution in [2.75, 3.05) is 11.9 Å². The van der Waals surface area contributed by atoms with Crippen LogP contribution in [0, 0.1) is 0 Å². The third-order valence-electron chi connectivity index (χ3n) is 3.45. The second-order valence-corrected chi connectivity index (χ2v) is 7.51. The highest BCUT2D eigenvalue weighted by molar-refractivity contribution is 7.89. The number of nitrogens with one attached hydrogen (secondary N) is 3. The maximum atomic E-state index is 12.1. The van der Waals surface area contributed by atoms with Gasteiger partial charge in [0.05, 0.1) is 10.9 Å². The maximum Gasteiger partial charge on any atom is 0.241 e. The summed E-state index contributed by atoms with van der Waals surface area (Å²) >= 11 is 0. The van der Waals surface area contributed by atoms with Crippen LogP contribution in [0.1, 0.15) is 33.1 Å². The summed E-state index contributed by atoms with van der Waals surface area (Å²) in [4.78, 5) is 12.3. The van der Waals surface area contributed by atoms with E-state index in [9.17, 15) is 13.2 Å². The number of amides is 1. The Balaban J connectivity index is 2.01. The molecular formula is C15H23N3O3S. The molecule has 122 valence electrons. The van der Waals surface area contributed by atoms with Crippen LogP contribution in [0.2, 0.25) is 0 Å². The summed E-state index contributed by atoms with van der Waals surface area (Å²) in [6.07, 6.45) is 2.97. The number of hydrogen-bond donors (Lipinski definition) is 3. The quantitative estimate of drug-likeness (QED) is 0.765. The average Bonchev–Trinajstić information content (AvgIpc) is 2.47. The number of anilines is 1. The molecule has 1 aliphatic rings. The predicted molar refractivity (Wildman–Crippen MR) is 86.2 cm³/mol. The van der Waals surface area contributed by atoms with Gasteiger partial charge in [-0.2, -0.15) is 0 Å². The van der Waals surface area contributed by atoms with E-state index in [0.717, 1.165) is 25.8 Å². The highest BCUT2D eigenvalue weighted by Crippen LogP contribution is 2.16. The van der Waals surface area contributed by atoms with Crippen LogP contribution in [0.25, 0.3) is 0 Å². The zero-order valence-electron chi connectivity index (χ0n) is 12.9. The van der Waals surface area contributed by atoms with Gasteiger partial charge >= 0.3 is 0 Å². The van der Waals surface area contributed by atoms with Gasteiger partial charge in [0.25, 0.3) is 0 Å². The number of sulfonamides is 1. The second kappa shape index (κ2) is 7.21. The lowest BCUT2D eigenvalue weighted by Crippen LogP contribution is -2.43. The van der Waals surface area contributed by atoms with Crippen molar-refractivity contribution in [3.8, 4) is 0 Å². The molecule has 6 nitrogen and oxygen atoms in total. The van der Waals surface area contributed by atoms with E-state index in [2.05, 4.69) is 15.4 Å². The van der Waals surface area contributed by atoms with Gasteiger partial charge in [0.2, 0.25) is 15.9 Å². The molecule has 0 saturated carbocycles. The minimum absolute atomic E-state index is 0.0735. The first-order valence-corrected chi connectivity index (χ1v) is 9.03. The topological polar surface area (TPSA) is 87.3 Å². The van der Waals surface area contributed by atoms with Crippen LogP contribution >= 0.6 is 0 Å². The van der Waals surface area contributed by atoms with Crippen LogP contribution in [0.15, 0.2) is 29.2 Å². The van der Waals surface area contributed by atoms with Gasteiger partial charge in [0.15, 0.2) is 0 Å². The molecule has 1 atom stereocenters. The zero-order chi connectivity index (χ0) is 16.2. The SMILES string of the molecule is CC(C)NS(=O)(=O)c1ccc(NC(=O)[C@@H]2CCCCN2)cc1. The lowest BCUT2D eigenvalue weighted by molar-refractivity contribution is -0.118. The van der Waals surface area contributed by atoms with Crippen molar-refractivity contribution < 1.29 is 13.2 Å². The van der Waals surface area contributed by atoms with Gasteiger partial charge in [-0.15, -0.1) is 0 Å². The summed E-state index contributed by atoms with van der Waals surface area (Å²) in [5.74, 6) is -0.0735. The van der Waals surface area contributed by atoms with E-state index in [4.69, 9.17) is 0 Å². The maximum absolute atomic E-state index is 12.1. The van der Waals surface area contributed by atoms with E-state index in [1.165, 1.54) is 12.1 Å². The standard InChI is InChI=1S/C15H23N3O3S/c1-11(2)18-22(20,21)13-8-6-12(7-9-13)17-15(19)14-5-3-4-10-16-14/h6-9,11,14,16,18H,3-5,10H2,1-2H3,(H,17,19)/t14-/m0/s1. The molecule has 0 spiro atoms. The number of benzene rings is 1. The fourth-order valence-corrected chi connectivity index (χ4v) is 3.65. The Kier molecular flexibility index (Phi) is 5.55. The molecule has 1 aliphatic heterocycles. The Bertz CT molecular complexity index is 605. The summed E-state index contributed by atoms with van der Waals surface area (Å²) in [5.41, 5.74) is 0.598. The molecule has 0 bridgehead atoms. The van der Waals surface area contributed by atoms with Gasteiger partial charge in [0.1, 0.15) is 0 Å². The molecule has 0 aromatic heterocycles. The molecule has 0 aliphatic carbocycles. The van der Waals surface area contributed by atoms with Crippen LogP contribution < -0.4 is 15.4 Å². The predicted octanol–water partition coefficient (Wildman–Crippen LogP) is 1.45. The summed E-state index contributed by atoms with van der Waals surface area (Å²) in [7, 11) is -3.50. The van der Waals surface area contributed by atoms with Crippen molar-refractivity contribution in [3.63, 3.8) is 0 Å². The molecule has 2 rings (SSSR count).